The topological polar surface area (TPSA) is 0 Å². The van der Waals surface area contributed by atoms with Gasteiger partial charge < -0.3 is 0 Å². The van der Waals surface area contributed by atoms with Gasteiger partial charge in [-0.15, -0.1) is 0 Å². The summed E-state index contributed by atoms with van der Waals surface area (Å²) in [7, 11) is 6.47. The molecule has 0 heterocycles. The minimum Gasteiger partial charge on any atom is -0.0853 e. The Labute approximate surface area is 78.0 Å². The van der Waals surface area contributed by atoms with E-state index >= 15 is 0 Å². The Hall–Kier alpha value is -0.285. The van der Waals surface area contributed by atoms with Gasteiger partial charge >= 0.3 is 0 Å². The molecule has 12 heavy (non-hydrogen) atoms. The van der Waals surface area contributed by atoms with Crippen LogP contribution in [0.3, 0.4) is 0 Å². The first-order valence-corrected chi connectivity index (χ1v) is 5.17. The highest BCUT2D eigenvalue weighted by Gasteiger charge is 2.14. The van der Waals surface area contributed by atoms with E-state index in [-0.39, 0.29) is 5.16 Å². The Morgan fingerprint density at radius 1 is 1.25 bits per heavy atom. The van der Waals surface area contributed by atoms with Gasteiger partial charge in [0.05, 0.1) is 7.85 Å². The zero-order chi connectivity index (χ0) is 9.03. The van der Waals surface area contributed by atoms with Crippen LogP contribution in [0.4, 0.5) is 0 Å². The van der Waals surface area contributed by atoms with Crippen LogP contribution >= 0.6 is 8.58 Å². The van der Waals surface area contributed by atoms with Gasteiger partial charge in [0, 0.05) is 0 Å². The molecule has 0 saturated carbocycles. The summed E-state index contributed by atoms with van der Waals surface area (Å²) in [5, 5.41) is 1.65. The molecule has 1 aromatic carbocycles. The summed E-state index contributed by atoms with van der Waals surface area (Å²) in [6.07, 6.45) is 0.750. The Balaban J connectivity index is 2.64. The lowest BCUT2D eigenvalue weighted by atomic mass is 9.93. The maximum Gasteiger partial charge on any atom is 0.0665 e. The van der Waals surface area contributed by atoms with Crippen molar-refractivity contribution < 1.29 is 0 Å². The second-order valence-electron chi connectivity index (χ2n) is 3.58. The molecule has 0 spiro atoms. The fourth-order valence-corrected chi connectivity index (χ4v) is 2.21. The van der Waals surface area contributed by atoms with E-state index < -0.39 is 0 Å². The van der Waals surface area contributed by atoms with Gasteiger partial charge in [-0.25, -0.2) is 0 Å². The molecule has 1 atom stereocenters. The van der Waals surface area contributed by atoms with Crippen LogP contribution in [0.25, 0.3) is 0 Å². The average molecular weight is 176 g/mol. The van der Waals surface area contributed by atoms with Crippen LogP contribution in [0.5, 0.6) is 0 Å². The summed E-state index contributed by atoms with van der Waals surface area (Å²) in [6, 6.07) is 10.5. The minimum absolute atomic E-state index is 0.251. The fraction of sp³-hybridized carbons (Fsp3) is 0.400. The van der Waals surface area contributed by atoms with Crippen molar-refractivity contribution >= 4 is 21.7 Å². The smallest absolute Gasteiger partial charge is 0.0665 e. The Morgan fingerprint density at radius 2 is 1.83 bits per heavy atom. The molecule has 1 rings (SSSR count). The third-order valence-corrected chi connectivity index (χ3v) is 3.27. The summed E-state index contributed by atoms with van der Waals surface area (Å²) >= 11 is 0. The minimum atomic E-state index is 0.251. The van der Waals surface area contributed by atoms with E-state index in [2.05, 4.69) is 38.1 Å². The summed E-state index contributed by atoms with van der Waals surface area (Å²) < 4.78 is 0. The van der Waals surface area contributed by atoms with Gasteiger partial charge in [-0.3, -0.25) is 0 Å². The van der Waals surface area contributed by atoms with Crippen LogP contribution in [-0.4, -0.2) is 13.0 Å². The van der Waals surface area contributed by atoms with Crippen LogP contribution in [-0.2, 0) is 0 Å². The Kier molecular flexibility index (Phi) is 3.34. The van der Waals surface area contributed by atoms with Gasteiger partial charge in [0.1, 0.15) is 0 Å². The van der Waals surface area contributed by atoms with E-state index in [9.17, 15) is 0 Å². The molecule has 2 radical (unpaired) electrons. The van der Waals surface area contributed by atoms with Crippen LogP contribution < -0.4 is 5.30 Å². The van der Waals surface area contributed by atoms with Crippen LogP contribution in [0, 0.1) is 0 Å². The first-order chi connectivity index (χ1) is 5.64. The Morgan fingerprint density at radius 3 is 2.33 bits per heavy atom. The summed E-state index contributed by atoms with van der Waals surface area (Å²) in [5.41, 5.74) is 0. The third kappa shape index (κ3) is 2.99. The van der Waals surface area contributed by atoms with Gasteiger partial charge in [-0.1, -0.05) is 59.1 Å². The fourth-order valence-electron chi connectivity index (χ4n) is 0.963. The van der Waals surface area contributed by atoms with Crippen molar-refractivity contribution in [3.05, 3.63) is 30.3 Å². The summed E-state index contributed by atoms with van der Waals surface area (Å²) in [5.74, 6) is 0. The normalized spacial score (nSPS) is 12.5. The molecule has 0 aliphatic carbocycles. The molecule has 1 unspecified atom stereocenters. The van der Waals surface area contributed by atoms with E-state index in [4.69, 9.17) is 7.85 Å². The van der Waals surface area contributed by atoms with Gasteiger partial charge in [0.2, 0.25) is 0 Å². The van der Waals surface area contributed by atoms with E-state index in [0.29, 0.717) is 0 Å². The van der Waals surface area contributed by atoms with Gasteiger partial charge in [-0.2, -0.15) is 0 Å². The number of rotatable bonds is 3. The highest BCUT2D eigenvalue weighted by atomic mass is 31.1. The molecule has 0 N–H and O–H groups in total. The SMILES string of the molecule is [B]CC(C)(C)Pc1ccccc1. The molecule has 62 valence electrons. The lowest BCUT2D eigenvalue weighted by molar-refractivity contribution is 0.797. The molecule has 0 amide bonds. The molecule has 0 aromatic heterocycles. The second-order valence-corrected chi connectivity index (χ2v) is 5.76. The monoisotopic (exact) mass is 176 g/mol. The van der Waals surface area contributed by atoms with E-state index in [0.717, 1.165) is 14.9 Å². The van der Waals surface area contributed by atoms with Crippen LogP contribution in [0.1, 0.15) is 13.8 Å². The summed E-state index contributed by atoms with van der Waals surface area (Å²) in [4.78, 5) is 0. The molecule has 1 aromatic rings. The molecule has 0 bridgehead atoms. The zero-order valence-electron chi connectivity index (χ0n) is 7.67. The molecule has 0 fully saturated rings. The quantitative estimate of drug-likeness (QED) is 0.489. The maximum absolute atomic E-state index is 5.66. The van der Waals surface area contributed by atoms with Crippen molar-refractivity contribution in [2.45, 2.75) is 25.3 Å². The van der Waals surface area contributed by atoms with Gasteiger partial charge in [-0.05, 0) is 10.5 Å². The largest absolute Gasteiger partial charge is 0.0853 e. The van der Waals surface area contributed by atoms with Crippen LogP contribution in [0.15, 0.2) is 30.3 Å². The molecule has 2 heteroatoms. The number of benzene rings is 1. The molecule has 0 saturated heterocycles. The van der Waals surface area contributed by atoms with Crippen molar-refractivity contribution in [3.63, 3.8) is 0 Å². The van der Waals surface area contributed by atoms with Crippen LogP contribution in [0.2, 0.25) is 6.32 Å². The average Bonchev–Trinajstić information content (AvgIpc) is 2.06. The lowest BCUT2D eigenvalue weighted by Gasteiger charge is -2.22. The molecular weight excluding hydrogens is 162 g/mol. The Bertz CT molecular complexity index is 231. The van der Waals surface area contributed by atoms with Crippen molar-refractivity contribution in [2.24, 2.45) is 0 Å². The predicted octanol–water partition coefficient (Wildman–Crippen LogP) is 2.36. The van der Waals surface area contributed by atoms with Crippen molar-refractivity contribution in [2.75, 3.05) is 0 Å². The number of hydrogen-bond acceptors (Lipinski definition) is 0. The zero-order valence-corrected chi connectivity index (χ0v) is 8.67. The molecular formula is C10H14BP. The highest BCUT2D eigenvalue weighted by Crippen LogP contribution is 2.32. The second kappa shape index (κ2) is 4.09. The highest BCUT2D eigenvalue weighted by molar-refractivity contribution is 7.49. The molecule has 0 aliphatic rings. The van der Waals surface area contributed by atoms with E-state index in [1.54, 1.807) is 0 Å². The first kappa shape index (κ1) is 9.80. The maximum atomic E-state index is 5.66. The first-order valence-electron chi connectivity index (χ1n) is 4.17. The van der Waals surface area contributed by atoms with Crippen molar-refractivity contribution in [1.82, 2.24) is 0 Å². The predicted molar refractivity (Wildman–Crippen MR) is 59.0 cm³/mol. The molecule has 0 aliphatic heterocycles. The lowest BCUT2D eigenvalue weighted by Crippen LogP contribution is -2.15. The van der Waals surface area contributed by atoms with Gasteiger partial charge in [0.25, 0.3) is 0 Å². The van der Waals surface area contributed by atoms with Crippen molar-refractivity contribution in [1.29, 1.82) is 0 Å². The van der Waals surface area contributed by atoms with Crippen molar-refractivity contribution in [3.8, 4) is 0 Å². The summed E-state index contributed by atoms with van der Waals surface area (Å²) in [6.45, 7) is 4.41. The van der Waals surface area contributed by atoms with E-state index in [1.165, 1.54) is 5.30 Å². The number of hydrogen-bond donors (Lipinski definition) is 0. The third-order valence-electron chi connectivity index (χ3n) is 1.77. The van der Waals surface area contributed by atoms with Gasteiger partial charge in [0.15, 0.2) is 0 Å². The molecule has 0 nitrogen and oxygen atoms in total. The van der Waals surface area contributed by atoms with E-state index in [1.807, 2.05) is 6.07 Å². The standard InChI is InChI=1S/C10H14BP/c1-10(2,8-11)12-9-6-4-3-5-7-9/h3-7,12H,8H2,1-2H3.